The van der Waals surface area contributed by atoms with Crippen molar-refractivity contribution in [1.29, 1.82) is 0 Å². The van der Waals surface area contributed by atoms with Crippen LogP contribution in [0.4, 0.5) is 30.6 Å². The molecule has 0 bridgehead atoms. The minimum Gasteiger partial charge on any atom is -0.406 e. The minimum absolute atomic E-state index is 0.0392. The second-order valence-corrected chi connectivity index (χ2v) is 8.94. The van der Waals surface area contributed by atoms with Gasteiger partial charge in [-0.3, -0.25) is 0 Å². The fraction of sp³-hybridized carbons (Fsp3) is 0.360. The van der Waals surface area contributed by atoms with Crippen molar-refractivity contribution >= 4 is 17.5 Å². The fourth-order valence-electron chi connectivity index (χ4n) is 3.10. The maximum atomic E-state index is 12.7. The summed E-state index contributed by atoms with van der Waals surface area (Å²) in [6.07, 6.45) is -3.90. The molecule has 0 saturated heterocycles. The van der Waals surface area contributed by atoms with Gasteiger partial charge in [-0.05, 0) is 48.6 Å². The normalized spacial score (nSPS) is 12.8. The van der Waals surface area contributed by atoms with Gasteiger partial charge in [0.05, 0.1) is 5.69 Å². The quantitative estimate of drug-likeness (QED) is 0.389. The van der Waals surface area contributed by atoms with Gasteiger partial charge in [-0.1, -0.05) is 52.0 Å². The van der Waals surface area contributed by atoms with E-state index in [0.29, 0.717) is 23.0 Å². The summed E-state index contributed by atoms with van der Waals surface area (Å²) in [5.74, 6) is 0.608. The van der Waals surface area contributed by atoms with Crippen LogP contribution < -0.4 is 15.4 Å². The molecule has 33 heavy (non-hydrogen) atoms. The zero-order chi connectivity index (χ0) is 24.2. The second kappa shape index (κ2) is 9.68. The molecule has 0 amide bonds. The van der Waals surface area contributed by atoms with E-state index in [2.05, 4.69) is 58.2 Å². The highest BCUT2D eigenvalue weighted by Gasteiger charge is 2.31. The third-order valence-electron chi connectivity index (χ3n) is 5.10. The van der Waals surface area contributed by atoms with Gasteiger partial charge in [0.25, 0.3) is 0 Å². The first-order chi connectivity index (χ1) is 15.4. The molecular formula is C25H29F3N4O. The van der Waals surface area contributed by atoms with Crippen LogP contribution >= 0.6 is 0 Å². The van der Waals surface area contributed by atoms with Crippen LogP contribution in [0.2, 0.25) is 0 Å². The van der Waals surface area contributed by atoms with E-state index in [1.807, 2.05) is 26.0 Å². The van der Waals surface area contributed by atoms with Crippen LogP contribution in [0.15, 0.2) is 54.6 Å². The van der Waals surface area contributed by atoms with Crippen molar-refractivity contribution < 1.29 is 17.9 Å². The molecule has 0 unspecified atom stereocenters. The van der Waals surface area contributed by atoms with Gasteiger partial charge in [0.1, 0.15) is 11.6 Å². The van der Waals surface area contributed by atoms with Gasteiger partial charge in [0.2, 0.25) is 5.95 Å². The van der Waals surface area contributed by atoms with Gasteiger partial charge in [-0.25, -0.2) is 4.98 Å². The number of aromatic nitrogens is 2. The maximum absolute atomic E-state index is 12.7. The zero-order valence-corrected chi connectivity index (χ0v) is 19.4. The summed E-state index contributed by atoms with van der Waals surface area (Å²) >= 11 is 0. The SMILES string of the molecule is CC[C@H](C)Nc1nc(Nc2ccc(C(C)(C)C)cc2)cc(-c2cccc(OC(F)(F)F)c2)n1. The van der Waals surface area contributed by atoms with E-state index in [1.54, 1.807) is 12.1 Å². The van der Waals surface area contributed by atoms with Crippen molar-refractivity contribution in [2.24, 2.45) is 0 Å². The van der Waals surface area contributed by atoms with Gasteiger partial charge in [-0.2, -0.15) is 4.98 Å². The number of ether oxygens (including phenoxy) is 1. The topological polar surface area (TPSA) is 59.1 Å². The van der Waals surface area contributed by atoms with Gasteiger partial charge < -0.3 is 15.4 Å². The molecule has 0 aliphatic rings. The summed E-state index contributed by atoms with van der Waals surface area (Å²) in [5.41, 5.74) is 3.04. The Labute approximate surface area is 192 Å². The fourth-order valence-corrected chi connectivity index (χ4v) is 3.10. The molecule has 1 aromatic heterocycles. The Morgan fingerprint density at radius 1 is 0.970 bits per heavy atom. The number of alkyl halides is 3. The van der Waals surface area contributed by atoms with Crippen LogP contribution in [-0.4, -0.2) is 22.4 Å². The standard InChI is InChI=1S/C25H29F3N4O/c1-6-16(2)29-23-31-21(17-8-7-9-20(14-17)33-25(26,27)28)15-22(32-23)30-19-12-10-18(11-13-19)24(3,4)5/h7-16H,6H2,1-5H3,(H2,29,30,31,32)/t16-/m0/s1. The van der Waals surface area contributed by atoms with Gasteiger partial charge >= 0.3 is 6.36 Å². The molecule has 3 rings (SSSR count). The average Bonchev–Trinajstić information content (AvgIpc) is 2.72. The molecule has 3 aromatic rings. The van der Waals surface area contributed by atoms with Crippen molar-refractivity contribution in [3.05, 3.63) is 60.2 Å². The summed E-state index contributed by atoms with van der Waals surface area (Å²) in [4.78, 5) is 9.07. The molecule has 0 radical (unpaired) electrons. The van der Waals surface area contributed by atoms with E-state index in [-0.39, 0.29) is 17.2 Å². The predicted molar refractivity (Wildman–Crippen MR) is 126 cm³/mol. The van der Waals surface area contributed by atoms with Crippen LogP contribution in [0.1, 0.15) is 46.6 Å². The highest BCUT2D eigenvalue weighted by atomic mass is 19.4. The number of benzene rings is 2. The van der Waals surface area contributed by atoms with Crippen LogP contribution in [0, 0.1) is 0 Å². The number of nitrogens with one attached hydrogen (secondary N) is 2. The van der Waals surface area contributed by atoms with Crippen molar-refractivity contribution in [2.75, 3.05) is 10.6 Å². The lowest BCUT2D eigenvalue weighted by Crippen LogP contribution is -2.17. The zero-order valence-electron chi connectivity index (χ0n) is 19.4. The average molecular weight is 459 g/mol. The molecule has 1 atom stereocenters. The van der Waals surface area contributed by atoms with Crippen LogP contribution in [-0.2, 0) is 5.41 Å². The highest BCUT2D eigenvalue weighted by Crippen LogP contribution is 2.30. The smallest absolute Gasteiger partial charge is 0.406 e. The lowest BCUT2D eigenvalue weighted by atomic mass is 9.87. The van der Waals surface area contributed by atoms with Crippen molar-refractivity contribution in [2.45, 2.75) is 58.9 Å². The number of hydrogen-bond donors (Lipinski definition) is 2. The van der Waals surface area contributed by atoms with E-state index in [0.717, 1.165) is 12.1 Å². The number of hydrogen-bond acceptors (Lipinski definition) is 5. The Bertz CT molecular complexity index is 1080. The van der Waals surface area contributed by atoms with Crippen LogP contribution in [0.5, 0.6) is 5.75 Å². The summed E-state index contributed by atoms with van der Waals surface area (Å²) in [7, 11) is 0. The largest absolute Gasteiger partial charge is 0.573 e. The molecule has 1 heterocycles. The molecule has 176 valence electrons. The highest BCUT2D eigenvalue weighted by molar-refractivity contribution is 5.68. The number of rotatable bonds is 7. The van der Waals surface area contributed by atoms with E-state index in [1.165, 1.54) is 23.8 Å². The van der Waals surface area contributed by atoms with Gasteiger partial charge in [0.15, 0.2) is 0 Å². The van der Waals surface area contributed by atoms with E-state index in [9.17, 15) is 13.2 Å². The molecule has 5 nitrogen and oxygen atoms in total. The molecule has 0 fully saturated rings. The van der Waals surface area contributed by atoms with Crippen molar-refractivity contribution in [3.63, 3.8) is 0 Å². The molecule has 0 spiro atoms. The lowest BCUT2D eigenvalue weighted by molar-refractivity contribution is -0.274. The van der Waals surface area contributed by atoms with E-state index < -0.39 is 6.36 Å². The lowest BCUT2D eigenvalue weighted by Gasteiger charge is -2.19. The Kier molecular flexibility index (Phi) is 7.15. The Morgan fingerprint density at radius 3 is 2.27 bits per heavy atom. The van der Waals surface area contributed by atoms with Crippen LogP contribution in [0.25, 0.3) is 11.3 Å². The molecule has 0 aliphatic heterocycles. The number of nitrogens with zero attached hydrogens (tertiary/aromatic N) is 2. The number of halogens is 3. The summed E-state index contributed by atoms with van der Waals surface area (Å²) in [6.45, 7) is 10.5. The third kappa shape index (κ3) is 7.10. The second-order valence-electron chi connectivity index (χ2n) is 8.94. The van der Waals surface area contributed by atoms with Crippen molar-refractivity contribution in [1.82, 2.24) is 9.97 Å². The minimum atomic E-state index is -4.76. The van der Waals surface area contributed by atoms with E-state index >= 15 is 0 Å². The Morgan fingerprint density at radius 2 is 1.67 bits per heavy atom. The first kappa shape index (κ1) is 24.4. The first-order valence-electron chi connectivity index (χ1n) is 10.8. The molecular weight excluding hydrogens is 429 g/mol. The Balaban J connectivity index is 1.95. The molecule has 0 saturated carbocycles. The predicted octanol–water partition coefficient (Wildman–Crippen LogP) is 7.29. The van der Waals surface area contributed by atoms with Crippen LogP contribution in [0.3, 0.4) is 0 Å². The maximum Gasteiger partial charge on any atom is 0.573 e. The van der Waals surface area contributed by atoms with Crippen molar-refractivity contribution in [3.8, 4) is 17.0 Å². The molecule has 8 heteroatoms. The summed E-state index contributed by atoms with van der Waals surface area (Å²) in [5, 5.41) is 6.51. The van der Waals surface area contributed by atoms with Gasteiger partial charge in [0, 0.05) is 23.4 Å². The summed E-state index contributed by atoms with van der Waals surface area (Å²) < 4.78 is 42.1. The molecule has 2 aromatic carbocycles. The first-order valence-corrected chi connectivity index (χ1v) is 10.8. The number of anilines is 3. The Hall–Kier alpha value is -3.29. The third-order valence-corrected chi connectivity index (χ3v) is 5.10. The summed E-state index contributed by atoms with van der Waals surface area (Å²) in [6, 6.07) is 15.6. The molecule has 0 aliphatic carbocycles. The monoisotopic (exact) mass is 458 g/mol. The van der Waals surface area contributed by atoms with E-state index in [4.69, 9.17) is 0 Å². The molecule has 2 N–H and O–H groups in total. The van der Waals surface area contributed by atoms with Gasteiger partial charge in [-0.15, -0.1) is 13.2 Å².